The van der Waals surface area contributed by atoms with Gasteiger partial charge in [0.2, 0.25) is 0 Å². The molecule has 0 bridgehead atoms. The van der Waals surface area contributed by atoms with Crippen LogP contribution in [-0.2, 0) is 16.4 Å². The first-order valence-electron chi connectivity index (χ1n) is 5.98. The zero-order valence-electron chi connectivity index (χ0n) is 10.9. The number of nitro benzene ring substituents is 1. The highest BCUT2D eigenvalue weighted by Crippen LogP contribution is 2.25. The third-order valence-corrected chi connectivity index (χ3v) is 5.64. The van der Waals surface area contributed by atoms with E-state index in [9.17, 15) is 18.5 Å². The molecule has 0 spiro atoms. The molecule has 1 aromatic carbocycles. The van der Waals surface area contributed by atoms with Gasteiger partial charge in [-0.25, -0.2) is 8.42 Å². The summed E-state index contributed by atoms with van der Waals surface area (Å²) in [6, 6.07) is 8.43. The maximum Gasteiger partial charge on any atom is 0.271 e. The quantitative estimate of drug-likeness (QED) is 0.621. The molecule has 21 heavy (non-hydrogen) atoms. The van der Waals surface area contributed by atoms with Crippen molar-refractivity contribution < 1.29 is 13.3 Å². The van der Waals surface area contributed by atoms with Gasteiger partial charge in [0.1, 0.15) is 4.21 Å². The molecular weight excluding hydrogens is 314 g/mol. The summed E-state index contributed by atoms with van der Waals surface area (Å²) in [7, 11) is -3.69. The molecule has 3 N–H and O–H groups in total. The second-order valence-corrected chi connectivity index (χ2v) is 7.25. The monoisotopic (exact) mass is 327 g/mol. The van der Waals surface area contributed by atoms with Crippen molar-refractivity contribution >= 4 is 32.7 Å². The fourth-order valence-electron chi connectivity index (χ4n) is 1.64. The molecule has 0 aliphatic heterocycles. The Morgan fingerprint density at radius 1 is 1.19 bits per heavy atom. The maximum absolute atomic E-state index is 12.2. The Hall–Kier alpha value is -1.97. The van der Waals surface area contributed by atoms with Gasteiger partial charge in [0, 0.05) is 22.7 Å². The molecule has 0 aliphatic carbocycles. The molecule has 0 aliphatic rings. The number of hydrogen-bond donors (Lipinski definition) is 2. The van der Waals surface area contributed by atoms with Crippen molar-refractivity contribution in [2.24, 2.45) is 5.73 Å². The fourth-order valence-corrected chi connectivity index (χ4v) is 4.07. The molecule has 1 aromatic heterocycles. The van der Waals surface area contributed by atoms with E-state index in [1.54, 1.807) is 6.07 Å². The Bertz CT molecular complexity index is 738. The minimum absolute atomic E-state index is 0.0979. The van der Waals surface area contributed by atoms with Crippen molar-refractivity contribution in [3.05, 3.63) is 51.4 Å². The Labute approximate surface area is 125 Å². The number of non-ortho nitro benzene ring substituents is 1. The van der Waals surface area contributed by atoms with Crippen molar-refractivity contribution in [3.63, 3.8) is 0 Å². The lowest BCUT2D eigenvalue weighted by atomic mass is 10.3. The molecule has 2 rings (SSSR count). The zero-order chi connectivity index (χ0) is 15.5. The van der Waals surface area contributed by atoms with Crippen LogP contribution in [0.5, 0.6) is 0 Å². The Kier molecular flexibility index (Phi) is 4.56. The van der Waals surface area contributed by atoms with E-state index >= 15 is 0 Å². The van der Waals surface area contributed by atoms with E-state index < -0.39 is 14.9 Å². The lowest BCUT2D eigenvalue weighted by Crippen LogP contribution is -2.11. The van der Waals surface area contributed by atoms with Crippen LogP contribution < -0.4 is 10.5 Å². The summed E-state index contributed by atoms with van der Waals surface area (Å²) < 4.78 is 26.9. The number of benzene rings is 1. The third-order valence-electron chi connectivity index (χ3n) is 2.62. The smallest absolute Gasteiger partial charge is 0.271 e. The van der Waals surface area contributed by atoms with E-state index in [0.29, 0.717) is 13.0 Å². The second-order valence-electron chi connectivity index (χ2n) is 4.17. The third kappa shape index (κ3) is 3.78. The highest BCUT2D eigenvalue weighted by molar-refractivity contribution is 7.94. The van der Waals surface area contributed by atoms with Gasteiger partial charge in [0.25, 0.3) is 15.7 Å². The van der Waals surface area contributed by atoms with E-state index in [0.717, 1.165) is 16.2 Å². The Morgan fingerprint density at radius 3 is 2.43 bits per heavy atom. The number of anilines is 1. The summed E-state index contributed by atoms with van der Waals surface area (Å²) in [6.45, 7) is 0.454. The molecular formula is C12H13N3O4S2. The van der Waals surface area contributed by atoms with Crippen LogP contribution in [0.25, 0.3) is 0 Å². The zero-order valence-corrected chi connectivity index (χ0v) is 12.5. The topological polar surface area (TPSA) is 115 Å². The number of hydrogen-bond acceptors (Lipinski definition) is 6. The molecule has 0 unspecified atom stereocenters. The number of rotatable bonds is 6. The van der Waals surface area contributed by atoms with Crippen LogP contribution in [0, 0.1) is 10.1 Å². The molecule has 2 aromatic rings. The number of nitrogens with two attached hydrogens (primary N) is 1. The van der Waals surface area contributed by atoms with Gasteiger partial charge in [-0.2, -0.15) is 0 Å². The summed E-state index contributed by atoms with van der Waals surface area (Å²) in [4.78, 5) is 10.9. The van der Waals surface area contributed by atoms with Gasteiger partial charge in [-0.05, 0) is 37.2 Å². The van der Waals surface area contributed by atoms with E-state index in [4.69, 9.17) is 5.73 Å². The van der Waals surface area contributed by atoms with Crippen molar-refractivity contribution in [1.29, 1.82) is 0 Å². The summed E-state index contributed by atoms with van der Waals surface area (Å²) in [5, 5.41) is 10.5. The SMILES string of the molecule is NCCc1ccc(S(=O)(=O)Nc2ccc([N+](=O)[O-])cc2)s1. The second kappa shape index (κ2) is 6.20. The first kappa shape index (κ1) is 15.4. The molecule has 1 heterocycles. The maximum atomic E-state index is 12.2. The average Bonchev–Trinajstić information content (AvgIpc) is 2.89. The van der Waals surface area contributed by atoms with Gasteiger partial charge < -0.3 is 5.73 Å². The van der Waals surface area contributed by atoms with E-state index in [1.165, 1.54) is 30.3 Å². The van der Waals surface area contributed by atoms with Gasteiger partial charge >= 0.3 is 0 Å². The van der Waals surface area contributed by atoms with E-state index in [1.807, 2.05) is 0 Å². The Morgan fingerprint density at radius 2 is 1.86 bits per heavy atom. The molecule has 0 amide bonds. The predicted octanol–water partition coefficient (Wildman–Crippen LogP) is 1.96. The number of nitrogens with one attached hydrogen (secondary N) is 1. The van der Waals surface area contributed by atoms with Gasteiger partial charge in [0.05, 0.1) is 4.92 Å². The highest BCUT2D eigenvalue weighted by Gasteiger charge is 2.17. The van der Waals surface area contributed by atoms with Crippen molar-refractivity contribution in [3.8, 4) is 0 Å². The van der Waals surface area contributed by atoms with Gasteiger partial charge in [-0.1, -0.05) is 0 Å². The van der Waals surface area contributed by atoms with Crippen molar-refractivity contribution in [2.75, 3.05) is 11.3 Å². The fraction of sp³-hybridized carbons (Fsp3) is 0.167. The summed E-state index contributed by atoms with van der Waals surface area (Å²) in [5.74, 6) is 0. The molecule has 112 valence electrons. The highest BCUT2D eigenvalue weighted by atomic mass is 32.2. The van der Waals surface area contributed by atoms with Crippen LogP contribution in [0.2, 0.25) is 0 Å². The number of thiophene rings is 1. The van der Waals surface area contributed by atoms with E-state index in [-0.39, 0.29) is 15.6 Å². The number of nitrogens with zero attached hydrogens (tertiary/aromatic N) is 1. The number of sulfonamides is 1. The van der Waals surface area contributed by atoms with Crippen LogP contribution in [0.4, 0.5) is 11.4 Å². The molecule has 0 saturated carbocycles. The number of nitro groups is 1. The normalized spacial score (nSPS) is 11.3. The summed E-state index contributed by atoms with van der Waals surface area (Å²) in [5.41, 5.74) is 5.60. The minimum atomic E-state index is -3.69. The van der Waals surface area contributed by atoms with Crippen LogP contribution in [-0.4, -0.2) is 19.9 Å². The molecule has 0 saturated heterocycles. The van der Waals surface area contributed by atoms with Crippen molar-refractivity contribution in [1.82, 2.24) is 0 Å². The van der Waals surface area contributed by atoms with E-state index in [2.05, 4.69) is 4.72 Å². The lowest BCUT2D eigenvalue weighted by molar-refractivity contribution is -0.384. The molecule has 9 heteroatoms. The van der Waals surface area contributed by atoms with Gasteiger partial charge in [-0.3, -0.25) is 14.8 Å². The van der Waals surface area contributed by atoms with Gasteiger partial charge in [0.15, 0.2) is 0 Å². The Balaban J connectivity index is 2.18. The molecule has 7 nitrogen and oxygen atoms in total. The first-order chi connectivity index (χ1) is 9.92. The predicted molar refractivity (Wildman–Crippen MR) is 81.0 cm³/mol. The van der Waals surface area contributed by atoms with Crippen molar-refractivity contribution in [2.45, 2.75) is 10.6 Å². The summed E-state index contributed by atoms with van der Waals surface area (Å²) >= 11 is 1.15. The minimum Gasteiger partial charge on any atom is -0.330 e. The first-order valence-corrected chi connectivity index (χ1v) is 8.28. The van der Waals surface area contributed by atoms with Crippen LogP contribution >= 0.6 is 11.3 Å². The average molecular weight is 327 g/mol. The molecule has 0 fully saturated rings. The largest absolute Gasteiger partial charge is 0.330 e. The lowest BCUT2D eigenvalue weighted by Gasteiger charge is -2.05. The van der Waals surface area contributed by atoms with Gasteiger partial charge in [-0.15, -0.1) is 11.3 Å². The van der Waals surface area contributed by atoms with Crippen LogP contribution in [0.3, 0.4) is 0 Å². The van der Waals surface area contributed by atoms with Crippen LogP contribution in [0.15, 0.2) is 40.6 Å². The standard InChI is InChI=1S/C12H13N3O4S2/c13-8-7-11-5-6-12(20-11)21(18,19)14-9-1-3-10(4-2-9)15(16)17/h1-6,14H,7-8,13H2. The molecule has 0 radical (unpaired) electrons. The van der Waals surface area contributed by atoms with Crippen LogP contribution in [0.1, 0.15) is 4.88 Å². The molecule has 0 atom stereocenters. The summed E-state index contributed by atoms with van der Waals surface area (Å²) in [6.07, 6.45) is 0.623.